The molecule has 35 heavy (non-hydrogen) atoms. The third-order valence-corrected chi connectivity index (χ3v) is 7.30. The predicted octanol–water partition coefficient (Wildman–Crippen LogP) is 6.47. The van der Waals surface area contributed by atoms with Crippen molar-refractivity contribution in [3.8, 4) is 0 Å². The lowest BCUT2D eigenvalue weighted by Crippen LogP contribution is -2.18. The van der Waals surface area contributed by atoms with Crippen molar-refractivity contribution in [1.82, 2.24) is 3.97 Å². The molecule has 0 saturated carbocycles. The number of carbonyl (C=O) groups is 1. The van der Waals surface area contributed by atoms with Gasteiger partial charge in [0.05, 0.1) is 16.8 Å². The Balaban J connectivity index is 1.94. The Morgan fingerprint density at radius 2 is 1.83 bits per heavy atom. The number of unbranched alkanes of at least 4 members (excludes halogenated alkanes) is 1. The lowest BCUT2D eigenvalue weighted by molar-refractivity contribution is -0.138. The highest BCUT2D eigenvalue weighted by Crippen LogP contribution is 2.33. The van der Waals surface area contributed by atoms with Crippen LogP contribution in [0.2, 0.25) is 0 Å². The number of hydrogen-bond acceptors (Lipinski definition) is 3. The summed E-state index contributed by atoms with van der Waals surface area (Å²) in [6.45, 7) is 4.12. The van der Waals surface area contributed by atoms with Crippen molar-refractivity contribution in [3.05, 3.63) is 77.0 Å². The summed E-state index contributed by atoms with van der Waals surface area (Å²) in [6.07, 6.45) is -0.433. The first-order valence-electron chi connectivity index (χ1n) is 11.3. The topological polar surface area (TPSA) is 76.4 Å². The van der Waals surface area contributed by atoms with Gasteiger partial charge in [0.1, 0.15) is 0 Å². The molecule has 9 heteroatoms. The molecule has 0 aliphatic carbocycles. The SMILES string of the molecule is CC(C)c1cccc(C=CCS(=O)(=O)n2c(CCCCC(=O)O)cc3cc(C(F)(F)F)ccc32)c1. The summed E-state index contributed by atoms with van der Waals surface area (Å²) in [7, 11) is -3.94. The second-order valence-corrected chi connectivity index (χ2v) is 10.6. The number of aromatic nitrogens is 1. The van der Waals surface area contributed by atoms with E-state index in [-0.39, 0.29) is 29.5 Å². The van der Waals surface area contributed by atoms with Gasteiger partial charge in [0.25, 0.3) is 0 Å². The maximum Gasteiger partial charge on any atom is 0.416 e. The summed E-state index contributed by atoms with van der Waals surface area (Å²) in [5.41, 5.74) is 1.62. The Bertz CT molecular complexity index is 1340. The Morgan fingerprint density at radius 1 is 1.09 bits per heavy atom. The summed E-state index contributed by atoms with van der Waals surface area (Å²) in [6, 6.07) is 12.2. The average Bonchev–Trinajstić information content (AvgIpc) is 3.14. The predicted molar refractivity (Wildman–Crippen MR) is 131 cm³/mol. The lowest BCUT2D eigenvalue weighted by Gasteiger charge is -2.11. The van der Waals surface area contributed by atoms with Crippen LogP contribution in [0.25, 0.3) is 17.0 Å². The molecule has 1 heterocycles. The van der Waals surface area contributed by atoms with Crippen LogP contribution in [0, 0.1) is 0 Å². The number of aliphatic carboxylic acids is 1. The van der Waals surface area contributed by atoms with Crippen LogP contribution in [-0.2, 0) is 27.4 Å². The van der Waals surface area contributed by atoms with Crippen LogP contribution in [0.4, 0.5) is 13.2 Å². The second-order valence-electron chi connectivity index (χ2n) is 8.78. The van der Waals surface area contributed by atoms with Crippen molar-refractivity contribution in [2.45, 2.75) is 51.6 Å². The minimum atomic E-state index is -4.55. The first kappa shape index (κ1) is 26.5. The van der Waals surface area contributed by atoms with E-state index in [0.717, 1.165) is 27.2 Å². The number of carboxylic acids is 1. The molecule has 1 aromatic heterocycles. The Kier molecular flexibility index (Phi) is 8.10. The van der Waals surface area contributed by atoms with Crippen molar-refractivity contribution in [3.63, 3.8) is 0 Å². The molecule has 0 atom stereocenters. The summed E-state index contributed by atoms with van der Waals surface area (Å²) < 4.78 is 67.3. The summed E-state index contributed by atoms with van der Waals surface area (Å²) in [4.78, 5) is 10.8. The molecule has 3 aromatic rings. The van der Waals surface area contributed by atoms with Crippen LogP contribution in [0.3, 0.4) is 0 Å². The number of aryl methyl sites for hydroxylation is 1. The number of fused-ring (bicyclic) bond motifs is 1. The van der Waals surface area contributed by atoms with E-state index in [1.54, 1.807) is 6.08 Å². The van der Waals surface area contributed by atoms with E-state index in [1.165, 1.54) is 18.2 Å². The third kappa shape index (κ3) is 6.75. The zero-order valence-electron chi connectivity index (χ0n) is 19.5. The Labute approximate surface area is 202 Å². The van der Waals surface area contributed by atoms with Gasteiger partial charge in [-0.2, -0.15) is 13.2 Å². The summed E-state index contributed by atoms with van der Waals surface area (Å²) in [5, 5.41) is 9.01. The van der Waals surface area contributed by atoms with Gasteiger partial charge in [0.15, 0.2) is 0 Å². The maximum absolute atomic E-state index is 13.3. The fourth-order valence-electron chi connectivity index (χ4n) is 3.91. The molecular weight excluding hydrogens is 479 g/mol. The van der Waals surface area contributed by atoms with Crippen molar-refractivity contribution in [2.24, 2.45) is 0 Å². The number of carboxylic acid groups (broad SMARTS) is 1. The normalized spacial score (nSPS) is 12.7. The molecular formula is C26H28F3NO4S. The maximum atomic E-state index is 13.3. The monoisotopic (exact) mass is 507 g/mol. The molecule has 0 bridgehead atoms. The van der Waals surface area contributed by atoms with Crippen LogP contribution in [0.5, 0.6) is 0 Å². The van der Waals surface area contributed by atoms with E-state index in [0.29, 0.717) is 24.5 Å². The molecule has 0 fully saturated rings. The molecule has 0 aliphatic rings. The number of nitrogens with zero attached hydrogens (tertiary/aromatic N) is 1. The summed E-state index contributed by atoms with van der Waals surface area (Å²) >= 11 is 0. The van der Waals surface area contributed by atoms with E-state index in [1.807, 2.05) is 24.3 Å². The van der Waals surface area contributed by atoms with Crippen LogP contribution in [0.15, 0.2) is 54.6 Å². The van der Waals surface area contributed by atoms with Crippen LogP contribution in [-0.4, -0.2) is 29.2 Å². The molecule has 0 aliphatic heterocycles. The van der Waals surface area contributed by atoms with Gasteiger partial charge in [0, 0.05) is 17.5 Å². The zero-order valence-corrected chi connectivity index (χ0v) is 20.4. The van der Waals surface area contributed by atoms with E-state index in [4.69, 9.17) is 5.11 Å². The van der Waals surface area contributed by atoms with E-state index < -0.39 is 27.7 Å². The highest BCUT2D eigenvalue weighted by molar-refractivity contribution is 7.90. The Hall–Kier alpha value is -3.07. The fraction of sp³-hybridized carbons (Fsp3) is 0.346. The fourth-order valence-corrected chi connectivity index (χ4v) is 5.37. The largest absolute Gasteiger partial charge is 0.481 e. The minimum absolute atomic E-state index is 0.0661. The quantitative estimate of drug-likeness (QED) is 0.319. The van der Waals surface area contributed by atoms with Crippen LogP contribution in [0.1, 0.15) is 61.4 Å². The van der Waals surface area contributed by atoms with Crippen LogP contribution >= 0.6 is 0 Å². The van der Waals surface area contributed by atoms with Crippen molar-refractivity contribution >= 4 is 33.0 Å². The molecule has 3 rings (SSSR count). The van der Waals surface area contributed by atoms with Crippen LogP contribution < -0.4 is 0 Å². The molecule has 1 N–H and O–H groups in total. The average molecular weight is 508 g/mol. The number of rotatable bonds is 10. The first-order valence-corrected chi connectivity index (χ1v) is 12.9. The van der Waals surface area contributed by atoms with Gasteiger partial charge >= 0.3 is 12.1 Å². The van der Waals surface area contributed by atoms with Gasteiger partial charge in [-0.1, -0.05) is 50.3 Å². The van der Waals surface area contributed by atoms with Gasteiger partial charge in [0.2, 0.25) is 10.0 Å². The second kappa shape index (κ2) is 10.7. The number of benzene rings is 2. The van der Waals surface area contributed by atoms with Crippen molar-refractivity contribution in [2.75, 3.05) is 5.75 Å². The van der Waals surface area contributed by atoms with Gasteiger partial charge in [-0.05, 0) is 60.6 Å². The smallest absolute Gasteiger partial charge is 0.416 e. The third-order valence-electron chi connectivity index (χ3n) is 5.70. The molecule has 0 amide bonds. The standard InChI is InChI=1S/C26H28F3NO4S/c1-18(2)20-9-5-7-19(15-20)8-6-14-35(33,34)30-23(10-3-4-11-25(31)32)17-21-16-22(26(27,28)29)12-13-24(21)30/h5-9,12-13,15-18H,3-4,10-11,14H2,1-2H3,(H,31,32). The van der Waals surface area contributed by atoms with Crippen molar-refractivity contribution in [1.29, 1.82) is 0 Å². The molecule has 188 valence electrons. The molecule has 0 radical (unpaired) electrons. The minimum Gasteiger partial charge on any atom is -0.481 e. The zero-order chi connectivity index (χ0) is 25.8. The van der Waals surface area contributed by atoms with Gasteiger partial charge in [-0.3, -0.25) is 4.79 Å². The van der Waals surface area contributed by atoms with Gasteiger partial charge < -0.3 is 5.11 Å². The number of hydrogen-bond donors (Lipinski definition) is 1. The first-order chi connectivity index (χ1) is 16.4. The van der Waals surface area contributed by atoms with E-state index >= 15 is 0 Å². The highest BCUT2D eigenvalue weighted by Gasteiger charge is 2.31. The van der Waals surface area contributed by atoms with Gasteiger partial charge in [-0.15, -0.1) is 0 Å². The lowest BCUT2D eigenvalue weighted by atomic mass is 10.0. The van der Waals surface area contributed by atoms with Crippen molar-refractivity contribution < 1.29 is 31.5 Å². The Morgan fingerprint density at radius 3 is 2.49 bits per heavy atom. The highest BCUT2D eigenvalue weighted by atomic mass is 32.2. The number of halogens is 3. The van der Waals surface area contributed by atoms with Gasteiger partial charge in [-0.25, -0.2) is 12.4 Å². The summed E-state index contributed by atoms with van der Waals surface area (Å²) in [5.74, 6) is -0.977. The number of alkyl halides is 3. The molecule has 2 aromatic carbocycles. The molecule has 0 spiro atoms. The van der Waals surface area contributed by atoms with E-state index in [9.17, 15) is 26.4 Å². The van der Waals surface area contributed by atoms with E-state index in [2.05, 4.69) is 13.8 Å². The molecule has 0 saturated heterocycles. The molecule has 0 unspecified atom stereocenters. The molecule has 5 nitrogen and oxygen atoms in total.